The molecule has 0 saturated carbocycles. The lowest BCUT2D eigenvalue weighted by atomic mass is 9.86. The molecule has 1 saturated heterocycles. The number of ether oxygens (including phenoxy) is 2. The van der Waals surface area contributed by atoms with Gasteiger partial charge in [0.1, 0.15) is 23.0 Å². The van der Waals surface area contributed by atoms with Crippen molar-refractivity contribution in [1.82, 2.24) is 9.80 Å². The Bertz CT molecular complexity index is 1310. The fourth-order valence-corrected chi connectivity index (χ4v) is 4.64. The Balaban J connectivity index is 1.38. The highest BCUT2D eigenvalue weighted by Gasteiger charge is 2.28. The van der Waals surface area contributed by atoms with Crippen molar-refractivity contribution in [2.75, 3.05) is 33.3 Å². The summed E-state index contributed by atoms with van der Waals surface area (Å²) in [4.78, 5) is 22.4. The number of carbonyl (C=O) groups excluding carboxylic acids is 1. The summed E-state index contributed by atoms with van der Waals surface area (Å²) >= 11 is 0. The van der Waals surface area contributed by atoms with Crippen LogP contribution < -0.4 is 9.47 Å². The van der Waals surface area contributed by atoms with Gasteiger partial charge >= 0.3 is 0 Å². The number of nitrogens with zero attached hydrogens (tertiary/aromatic N) is 3. The molecule has 3 aromatic carbocycles. The van der Waals surface area contributed by atoms with Gasteiger partial charge in [0.2, 0.25) is 0 Å². The molecule has 0 N–H and O–H groups in total. The highest BCUT2D eigenvalue weighted by Crippen LogP contribution is 2.40. The maximum absolute atomic E-state index is 13.2. The van der Waals surface area contributed by atoms with Crippen molar-refractivity contribution in [3.8, 4) is 17.2 Å². The van der Waals surface area contributed by atoms with E-state index >= 15 is 0 Å². The van der Waals surface area contributed by atoms with Crippen LogP contribution in [0.3, 0.4) is 0 Å². The summed E-state index contributed by atoms with van der Waals surface area (Å²) in [5.41, 5.74) is 4.85. The molecule has 186 valence electrons. The largest absolute Gasteiger partial charge is 0.497 e. The van der Waals surface area contributed by atoms with Gasteiger partial charge in [0.15, 0.2) is 5.75 Å². The number of benzene rings is 3. The summed E-state index contributed by atoms with van der Waals surface area (Å²) in [6.07, 6.45) is 0. The maximum atomic E-state index is 13.2. The Morgan fingerprint density at radius 2 is 1.64 bits per heavy atom. The van der Waals surface area contributed by atoms with Gasteiger partial charge < -0.3 is 19.3 Å². The first-order chi connectivity index (χ1) is 17.2. The van der Waals surface area contributed by atoms with Crippen LogP contribution in [0.4, 0.5) is 5.69 Å². The lowest BCUT2D eigenvalue weighted by Crippen LogP contribution is -2.50. The van der Waals surface area contributed by atoms with Gasteiger partial charge in [0, 0.05) is 37.8 Å². The average Bonchev–Trinajstić information content (AvgIpc) is 3.03. The third-order valence-electron chi connectivity index (χ3n) is 6.86. The smallest absolute Gasteiger partial charge is 0.253 e. The third-order valence-corrected chi connectivity index (χ3v) is 6.86. The number of rotatable bonds is 2. The zero-order valence-corrected chi connectivity index (χ0v) is 21.7. The van der Waals surface area contributed by atoms with E-state index in [-0.39, 0.29) is 11.3 Å². The lowest BCUT2D eigenvalue weighted by Gasteiger charge is -2.36. The second-order valence-corrected chi connectivity index (χ2v) is 10.5. The number of aryl methyl sites for hydroxylation is 1. The van der Waals surface area contributed by atoms with E-state index in [4.69, 9.17) is 14.5 Å². The second-order valence-electron chi connectivity index (χ2n) is 10.5. The highest BCUT2D eigenvalue weighted by atomic mass is 16.5. The Hall–Kier alpha value is -3.80. The van der Waals surface area contributed by atoms with Gasteiger partial charge in [-0.3, -0.25) is 4.79 Å². The van der Waals surface area contributed by atoms with Gasteiger partial charge in [-0.2, -0.15) is 0 Å². The quantitative estimate of drug-likeness (QED) is 0.452. The van der Waals surface area contributed by atoms with Crippen LogP contribution in [-0.2, 0) is 5.41 Å². The summed E-state index contributed by atoms with van der Waals surface area (Å²) < 4.78 is 11.8. The zero-order valence-electron chi connectivity index (χ0n) is 21.7. The summed E-state index contributed by atoms with van der Waals surface area (Å²) in [7, 11) is 1.65. The minimum absolute atomic E-state index is 0.0635. The Morgan fingerprint density at radius 3 is 2.31 bits per heavy atom. The van der Waals surface area contributed by atoms with Crippen LogP contribution in [0.15, 0.2) is 65.7 Å². The second kappa shape index (κ2) is 9.34. The van der Waals surface area contributed by atoms with Gasteiger partial charge in [-0.1, -0.05) is 39.0 Å². The van der Waals surface area contributed by atoms with Crippen molar-refractivity contribution in [3.05, 3.63) is 82.9 Å². The van der Waals surface area contributed by atoms with E-state index in [0.717, 1.165) is 45.5 Å². The molecule has 0 radical (unpaired) electrons. The first kappa shape index (κ1) is 23.9. The van der Waals surface area contributed by atoms with Crippen molar-refractivity contribution in [2.45, 2.75) is 33.1 Å². The molecule has 1 amide bonds. The number of amides is 1. The minimum atomic E-state index is 0.0635. The van der Waals surface area contributed by atoms with Crippen LogP contribution >= 0.6 is 0 Å². The number of fused-ring (bicyclic) bond motifs is 2. The number of hydrogen-bond donors (Lipinski definition) is 0. The highest BCUT2D eigenvalue weighted by molar-refractivity contribution is 6.04. The molecule has 6 heteroatoms. The molecule has 0 atom stereocenters. The molecular weight excluding hydrogens is 450 g/mol. The predicted molar refractivity (Wildman–Crippen MR) is 143 cm³/mol. The van der Waals surface area contributed by atoms with Crippen LogP contribution in [0.25, 0.3) is 0 Å². The molecule has 3 aromatic rings. The molecule has 0 unspecified atom stereocenters. The first-order valence-electron chi connectivity index (χ1n) is 12.4. The monoisotopic (exact) mass is 483 g/mol. The van der Waals surface area contributed by atoms with Crippen molar-refractivity contribution in [1.29, 1.82) is 0 Å². The van der Waals surface area contributed by atoms with Gasteiger partial charge in [0.05, 0.1) is 12.7 Å². The fourth-order valence-electron chi connectivity index (χ4n) is 4.64. The zero-order chi connectivity index (χ0) is 25.4. The summed E-state index contributed by atoms with van der Waals surface area (Å²) in [5.74, 6) is 3.11. The van der Waals surface area contributed by atoms with Crippen LogP contribution in [-0.4, -0.2) is 54.8 Å². The third kappa shape index (κ3) is 4.68. The van der Waals surface area contributed by atoms with Crippen molar-refractivity contribution in [3.63, 3.8) is 0 Å². The summed E-state index contributed by atoms with van der Waals surface area (Å²) in [6.45, 7) is 11.2. The van der Waals surface area contributed by atoms with Gasteiger partial charge in [0.25, 0.3) is 5.91 Å². The number of aliphatic imine (C=N–C) groups is 1. The molecule has 2 aliphatic rings. The molecule has 0 spiro atoms. The molecule has 0 bridgehead atoms. The Labute approximate surface area is 213 Å². The average molecular weight is 484 g/mol. The predicted octanol–water partition coefficient (Wildman–Crippen LogP) is 5.94. The molecule has 5 rings (SSSR count). The standard InChI is InChI=1S/C30H33N3O3/c1-20-6-13-25-27(18-20)36-26-19-23(35-5)11-12-24(26)28(31-25)32-14-16-33(17-15-32)29(34)21-7-9-22(10-8-21)30(2,3)4/h6-13,18-19H,14-17H2,1-5H3. The van der Waals surface area contributed by atoms with E-state index in [1.807, 2.05) is 60.4 Å². The van der Waals surface area contributed by atoms with Gasteiger partial charge in [-0.15, -0.1) is 0 Å². The van der Waals surface area contributed by atoms with Crippen molar-refractivity contribution >= 4 is 17.4 Å². The van der Waals surface area contributed by atoms with E-state index in [0.29, 0.717) is 26.2 Å². The number of carbonyl (C=O) groups is 1. The number of piperazine rings is 1. The lowest BCUT2D eigenvalue weighted by molar-refractivity contribution is 0.0692. The molecule has 2 aliphatic heterocycles. The topological polar surface area (TPSA) is 54.4 Å². The number of amidine groups is 1. The summed E-state index contributed by atoms with van der Waals surface area (Å²) in [5, 5.41) is 0. The van der Waals surface area contributed by atoms with Gasteiger partial charge in [-0.25, -0.2) is 4.99 Å². The van der Waals surface area contributed by atoms with Gasteiger partial charge in [-0.05, 0) is 59.9 Å². The molecule has 6 nitrogen and oxygen atoms in total. The van der Waals surface area contributed by atoms with Crippen LogP contribution in [0.1, 0.15) is 47.8 Å². The normalized spacial score (nSPS) is 15.3. The first-order valence-corrected chi connectivity index (χ1v) is 12.4. The van der Waals surface area contributed by atoms with E-state index < -0.39 is 0 Å². The molecule has 0 aliphatic carbocycles. The molecule has 0 aromatic heterocycles. The van der Waals surface area contributed by atoms with E-state index in [1.165, 1.54) is 5.56 Å². The van der Waals surface area contributed by atoms with Crippen LogP contribution in [0.5, 0.6) is 17.2 Å². The molecule has 36 heavy (non-hydrogen) atoms. The number of hydrogen-bond acceptors (Lipinski definition) is 5. The maximum Gasteiger partial charge on any atom is 0.253 e. The van der Waals surface area contributed by atoms with E-state index in [1.54, 1.807) is 7.11 Å². The SMILES string of the molecule is COc1ccc2c(c1)Oc1cc(C)ccc1N=C2N1CCN(C(=O)c2ccc(C(C)(C)C)cc2)CC1. The van der Waals surface area contributed by atoms with E-state index in [9.17, 15) is 4.79 Å². The number of methoxy groups -OCH3 is 1. The Kier molecular flexibility index (Phi) is 6.20. The van der Waals surface area contributed by atoms with Crippen molar-refractivity contribution < 1.29 is 14.3 Å². The fraction of sp³-hybridized carbons (Fsp3) is 0.333. The van der Waals surface area contributed by atoms with E-state index in [2.05, 4.69) is 37.8 Å². The van der Waals surface area contributed by atoms with Crippen LogP contribution in [0.2, 0.25) is 0 Å². The molecular formula is C30H33N3O3. The minimum Gasteiger partial charge on any atom is -0.497 e. The molecule has 2 heterocycles. The van der Waals surface area contributed by atoms with Crippen molar-refractivity contribution in [2.24, 2.45) is 4.99 Å². The summed E-state index contributed by atoms with van der Waals surface area (Å²) in [6, 6.07) is 19.9. The molecule has 1 fully saturated rings. The van der Waals surface area contributed by atoms with Crippen LogP contribution in [0, 0.1) is 6.92 Å². The Morgan fingerprint density at radius 1 is 0.917 bits per heavy atom.